The van der Waals surface area contributed by atoms with Crippen LogP contribution in [0.25, 0.3) is 16.9 Å². The Hall–Kier alpha value is -4.24. The summed E-state index contributed by atoms with van der Waals surface area (Å²) in [6, 6.07) is 17.7. The summed E-state index contributed by atoms with van der Waals surface area (Å²) in [4.78, 5) is 28.5. The van der Waals surface area contributed by atoms with Crippen molar-refractivity contribution < 1.29 is 23.8 Å². The summed E-state index contributed by atoms with van der Waals surface area (Å²) in [5.74, 6) is -1.74. The Bertz CT molecular complexity index is 1470. The molecule has 8 nitrogen and oxygen atoms in total. The molecule has 1 fully saturated rings. The van der Waals surface area contributed by atoms with E-state index in [-0.39, 0.29) is 5.82 Å². The maximum Gasteiger partial charge on any atom is 0.413 e. The van der Waals surface area contributed by atoms with Gasteiger partial charge in [-0.15, -0.1) is 0 Å². The second-order valence-corrected chi connectivity index (χ2v) is 9.22. The SMILES string of the molecule is CC(OC(=O)Nc1c(F)cnn1-c1ccc(-c2ccc(C3(C(=O)O)CC3)cc2)nc1)c1ccccc1Cl. The van der Waals surface area contributed by atoms with Crippen molar-refractivity contribution in [2.24, 2.45) is 0 Å². The van der Waals surface area contributed by atoms with Gasteiger partial charge in [-0.1, -0.05) is 54.1 Å². The molecule has 2 aromatic carbocycles. The second-order valence-electron chi connectivity index (χ2n) is 8.81. The van der Waals surface area contributed by atoms with Crippen molar-refractivity contribution in [1.29, 1.82) is 0 Å². The molecule has 4 aromatic rings. The number of pyridine rings is 1. The monoisotopic (exact) mass is 520 g/mol. The number of amides is 1. The third-order valence-corrected chi connectivity index (χ3v) is 6.80. The standard InChI is InChI=1S/C27H22ClFN4O4/c1-16(20-4-2-3-5-21(20)28)37-26(36)32-24-22(29)15-31-33(24)19-10-11-23(30-14-19)17-6-8-18(9-7-17)27(12-13-27)25(34)35/h2-11,14-16H,12-13H2,1H3,(H,32,36)(H,34,35). The summed E-state index contributed by atoms with van der Waals surface area (Å²) < 4.78 is 21.1. The third kappa shape index (κ3) is 4.77. The lowest BCUT2D eigenvalue weighted by atomic mass is 9.95. The number of hydrogen-bond acceptors (Lipinski definition) is 5. The zero-order valence-corrected chi connectivity index (χ0v) is 20.4. The summed E-state index contributed by atoms with van der Waals surface area (Å²) in [6.07, 6.45) is 2.22. The van der Waals surface area contributed by atoms with Crippen LogP contribution < -0.4 is 5.32 Å². The molecule has 5 rings (SSSR count). The Balaban J connectivity index is 1.30. The van der Waals surface area contributed by atoms with E-state index in [1.807, 2.05) is 24.3 Å². The highest BCUT2D eigenvalue weighted by Crippen LogP contribution is 2.48. The van der Waals surface area contributed by atoms with Crippen molar-refractivity contribution in [3.63, 3.8) is 0 Å². The third-order valence-electron chi connectivity index (χ3n) is 6.46. The van der Waals surface area contributed by atoms with Gasteiger partial charge < -0.3 is 9.84 Å². The predicted octanol–water partition coefficient (Wildman–Crippen LogP) is 6.15. The van der Waals surface area contributed by atoms with E-state index >= 15 is 0 Å². The van der Waals surface area contributed by atoms with Gasteiger partial charge in [0.05, 0.1) is 29.2 Å². The van der Waals surface area contributed by atoms with E-state index in [1.165, 1.54) is 10.9 Å². The number of carbonyl (C=O) groups is 2. The minimum absolute atomic E-state index is 0.196. The van der Waals surface area contributed by atoms with Crippen LogP contribution in [-0.2, 0) is 14.9 Å². The Morgan fingerprint density at radius 3 is 2.46 bits per heavy atom. The van der Waals surface area contributed by atoms with Crippen molar-refractivity contribution in [2.45, 2.75) is 31.3 Å². The molecule has 1 aliphatic carbocycles. The first-order chi connectivity index (χ1) is 17.8. The average Bonchev–Trinajstić information content (AvgIpc) is 3.64. The highest BCUT2D eigenvalue weighted by Gasteiger charge is 2.51. The number of carbonyl (C=O) groups excluding carboxylic acids is 1. The molecule has 1 saturated carbocycles. The normalized spacial score (nSPS) is 14.6. The van der Waals surface area contributed by atoms with E-state index < -0.39 is 29.4 Å². The van der Waals surface area contributed by atoms with Crippen molar-refractivity contribution >= 4 is 29.5 Å². The number of carboxylic acid groups (broad SMARTS) is 1. The number of carboxylic acids is 1. The van der Waals surface area contributed by atoms with E-state index in [1.54, 1.807) is 43.3 Å². The fourth-order valence-corrected chi connectivity index (χ4v) is 4.47. The number of benzene rings is 2. The average molecular weight is 521 g/mol. The van der Waals surface area contributed by atoms with Crippen LogP contribution in [0.5, 0.6) is 0 Å². The van der Waals surface area contributed by atoms with Crippen LogP contribution in [0.15, 0.2) is 73.1 Å². The number of aromatic nitrogens is 3. The number of halogens is 2. The lowest BCUT2D eigenvalue weighted by Gasteiger charge is -2.16. The second kappa shape index (κ2) is 9.67. The number of rotatable bonds is 7. The summed E-state index contributed by atoms with van der Waals surface area (Å²) in [7, 11) is 0. The fraction of sp³-hybridized carbons (Fsp3) is 0.185. The van der Waals surface area contributed by atoms with E-state index in [2.05, 4.69) is 15.4 Å². The molecule has 10 heteroatoms. The quantitative estimate of drug-likeness (QED) is 0.302. The zero-order valence-electron chi connectivity index (χ0n) is 19.7. The maximum atomic E-state index is 14.5. The smallest absolute Gasteiger partial charge is 0.413 e. The Labute approximate surface area is 216 Å². The van der Waals surface area contributed by atoms with Gasteiger partial charge in [0.1, 0.15) is 6.10 Å². The topological polar surface area (TPSA) is 106 Å². The molecule has 0 radical (unpaired) electrons. The molecule has 37 heavy (non-hydrogen) atoms. The summed E-state index contributed by atoms with van der Waals surface area (Å²) in [6.45, 7) is 1.66. The van der Waals surface area contributed by atoms with Gasteiger partial charge in [0.15, 0.2) is 11.6 Å². The Morgan fingerprint density at radius 1 is 1.11 bits per heavy atom. The molecule has 0 saturated heterocycles. The summed E-state index contributed by atoms with van der Waals surface area (Å²) in [5.41, 5.74) is 2.50. The first kappa shape index (κ1) is 24.5. The molecule has 2 N–H and O–H groups in total. The molecule has 0 bridgehead atoms. The first-order valence-electron chi connectivity index (χ1n) is 11.5. The summed E-state index contributed by atoms with van der Waals surface area (Å²) in [5, 5.41) is 16.3. The molecule has 2 aromatic heterocycles. The predicted molar refractivity (Wildman–Crippen MR) is 135 cm³/mol. The van der Waals surface area contributed by atoms with E-state index in [4.69, 9.17) is 16.3 Å². The van der Waals surface area contributed by atoms with Crippen molar-refractivity contribution in [3.05, 3.63) is 95.0 Å². The molecule has 0 aliphatic heterocycles. The zero-order chi connectivity index (χ0) is 26.2. The molecule has 0 spiro atoms. The molecular weight excluding hydrogens is 499 g/mol. The van der Waals surface area contributed by atoms with Crippen molar-refractivity contribution in [1.82, 2.24) is 14.8 Å². The van der Waals surface area contributed by atoms with Crippen LogP contribution in [0.3, 0.4) is 0 Å². The van der Waals surface area contributed by atoms with Crippen LogP contribution in [-0.4, -0.2) is 31.9 Å². The lowest BCUT2D eigenvalue weighted by molar-refractivity contribution is -0.140. The largest absolute Gasteiger partial charge is 0.481 e. The van der Waals surface area contributed by atoms with Crippen LogP contribution in [0.1, 0.15) is 37.0 Å². The molecule has 1 amide bonds. The van der Waals surface area contributed by atoms with Gasteiger partial charge in [0.2, 0.25) is 0 Å². The fourth-order valence-electron chi connectivity index (χ4n) is 4.19. The van der Waals surface area contributed by atoms with Gasteiger partial charge in [0.25, 0.3) is 0 Å². The van der Waals surface area contributed by atoms with Gasteiger partial charge in [-0.2, -0.15) is 5.10 Å². The number of aliphatic carboxylic acids is 1. The van der Waals surface area contributed by atoms with Crippen LogP contribution in [0.4, 0.5) is 15.0 Å². The van der Waals surface area contributed by atoms with Crippen molar-refractivity contribution in [3.8, 4) is 16.9 Å². The molecule has 2 heterocycles. The lowest BCUT2D eigenvalue weighted by Crippen LogP contribution is -2.19. The molecular formula is C27H22ClFN4O4. The number of ether oxygens (including phenoxy) is 1. The number of hydrogen-bond donors (Lipinski definition) is 2. The van der Waals surface area contributed by atoms with Gasteiger partial charge in [0, 0.05) is 16.1 Å². The minimum atomic E-state index is -0.868. The van der Waals surface area contributed by atoms with E-state index in [0.717, 1.165) is 17.3 Å². The summed E-state index contributed by atoms with van der Waals surface area (Å²) >= 11 is 6.16. The number of anilines is 1. The first-order valence-corrected chi connectivity index (χ1v) is 11.9. The van der Waals surface area contributed by atoms with E-state index in [0.29, 0.717) is 34.8 Å². The Kier molecular flexibility index (Phi) is 6.39. The molecule has 1 atom stereocenters. The molecule has 1 aliphatic rings. The minimum Gasteiger partial charge on any atom is -0.481 e. The maximum absolute atomic E-state index is 14.5. The van der Waals surface area contributed by atoms with Crippen LogP contribution in [0, 0.1) is 5.82 Å². The van der Waals surface area contributed by atoms with Crippen LogP contribution in [0.2, 0.25) is 5.02 Å². The van der Waals surface area contributed by atoms with Gasteiger partial charge in [-0.3, -0.25) is 15.1 Å². The molecule has 188 valence electrons. The van der Waals surface area contributed by atoms with Gasteiger partial charge in [-0.05, 0) is 43.5 Å². The van der Waals surface area contributed by atoms with Gasteiger partial charge >= 0.3 is 12.1 Å². The van der Waals surface area contributed by atoms with Crippen molar-refractivity contribution in [2.75, 3.05) is 5.32 Å². The molecule has 1 unspecified atom stereocenters. The number of nitrogens with zero attached hydrogens (tertiary/aromatic N) is 3. The van der Waals surface area contributed by atoms with E-state index in [9.17, 15) is 19.1 Å². The number of nitrogens with one attached hydrogen (secondary N) is 1. The highest BCUT2D eigenvalue weighted by molar-refractivity contribution is 6.31. The highest BCUT2D eigenvalue weighted by atomic mass is 35.5. The van der Waals surface area contributed by atoms with Gasteiger partial charge in [-0.25, -0.2) is 13.9 Å². The Morgan fingerprint density at radius 2 is 1.84 bits per heavy atom. The van der Waals surface area contributed by atoms with Crippen LogP contribution >= 0.6 is 11.6 Å².